The number of unbranched alkanes of at least 4 members (excludes halogenated alkanes) is 1. The van der Waals surface area contributed by atoms with E-state index in [-0.39, 0.29) is 19.2 Å². The minimum atomic E-state index is -0.105. The molecule has 0 aliphatic heterocycles. The molecule has 2 N–H and O–H groups in total. The van der Waals surface area contributed by atoms with Gasteiger partial charge in [-0.3, -0.25) is 4.79 Å². The van der Waals surface area contributed by atoms with Gasteiger partial charge in [-0.25, -0.2) is 0 Å². The van der Waals surface area contributed by atoms with Crippen molar-refractivity contribution in [3.05, 3.63) is 0 Å². The summed E-state index contributed by atoms with van der Waals surface area (Å²) >= 11 is 0. The minimum absolute atomic E-state index is 0.0278. The zero-order valence-electron chi connectivity index (χ0n) is 9.57. The predicted molar refractivity (Wildman–Crippen MR) is 56.5 cm³/mol. The number of carbonyl (C=O) groups excluding carboxylic acids is 1. The molecule has 92 valence electrons. The van der Waals surface area contributed by atoms with E-state index >= 15 is 0 Å². The SMILES string of the molecule is CCCCC(=O)OC.OCCOCCO. The molecule has 0 aliphatic rings. The zero-order valence-corrected chi connectivity index (χ0v) is 9.57. The van der Waals surface area contributed by atoms with Gasteiger partial charge in [0.2, 0.25) is 0 Å². The summed E-state index contributed by atoms with van der Waals surface area (Å²) in [4.78, 5) is 10.3. The van der Waals surface area contributed by atoms with Crippen LogP contribution in [0.5, 0.6) is 0 Å². The molecule has 0 saturated carbocycles. The molecule has 0 radical (unpaired) electrons. The maximum absolute atomic E-state index is 10.3. The summed E-state index contributed by atoms with van der Waals surface area (Å²) in [6.45, 7) is 2.74. The van der Waals surface area contributed by atoms with Crippen LogP contribution in [-0.4, -0.2) is 49.7 Å². The van der Waals surface area contributed by atoms with E-state index in [1.54, 1.807) is 0 Å². The third kappa shape index (κ3) is 19.7. The average molecular weight is 222 g/mol. The number of methoxy groups -OCH3 is 1. The molecule has 5 nitrogen and oxygen atoms in total. The van der Waals surface area contributed by atoms with E-state index in [9.17, 15) is 4.79 Å². The van der Waals surface area contributed by atoms with E-state index in [0.29, 0.717) is 19.6 Å². The van der Waals surface area contributed by atoms with Gasteiger partial charge in [-0.1, -0.05) is 13.3 Å². The second-order valence-corrected chi connectivity index (χ2v) is 2.74. The highest BCUT2D eigenvalue weighted by atomic mass is 16.5. The molecule has 0 unspecified atom stereocenters. The molecule has 0 aromatic carbocycles. The summed E-state index contributed by atoms with van der Waals surface area (Å²) in [5.41, 5.74) is 0. The number of aliphatic hydroxyl groups is 2. The fourth-order valence-corrected chi connectivity index (χ4v) is 0.654. The lowest BCUT2D eigenvalue weighted by Gasteiger charge is -1.94. The Morgan fingerprint density at radius 1 is 1.20 bits per heavy atom. The van der Waals surface area contributed by atoms with Crippen LogP contribution >= 0.6 is 0 Å². The molecule has 0 aromatic heterocycles. The van der Waals surface area contributed by atoms with Crippen LogP contribution in [-0.2, 0) is 14.3 Å². The molecule has 0 spiro atoms. The van der Waals surface area contributed by atoms with Crippen molar-refractivity contribution in [2.24, 2.45) is 0 Å². The predicted octanol–water partition coefficient (Wildman–Crippen LogP) is 0.337. The first-order valence-corrected chi connectivity index (χ1v) is 5.09. The molecule has 0 amide bonds. The monoisotopic (exact) mass is 222 g/mol. The van der Waals surface area contributed by atoms with E-state index in [2.05, 4.69) is 9.47 Å². The second-order valence-electron chi connectivity index (χ2n) is 2.74. The third-order valence-corrected chi connectivity index (χ3v) is 1.43. The molecule has 0 aromatic rings. The minimum Gasteiger partial charge on any atom is -0.469 e. The quantitative estimate of drug-likeness (QED) is 0.480. The molecule has 0 fully saturated rings. The van der Waals surface area contributed by atoms with Gasteiger partial charge in [0.1, 0.15) is 0 Å². The number of aliphatic hydroxyl groups excluding tert-OH is 2. The molecule has 0 bridgehead atoms. The molecule has 0 aliphatic carbocycles. The summed E-state index contributed by atoms with van der Waals surface area (Å²) in [5, 5.41) is 16.2. The summed E-state index contributed by atoms with van der Waals surface area (Å²) in [7, 11) is 1.41. The first kappa shape index (κ1) is 16.8. The molecule has 15 heavy (non-hydrogen) atoms. The summed E-state index contributed by atoms with van der Waals surface area (Å²) < 4.78 is 9.05. The largest absolute Gasteiger partial charge is 0.469 e. The average Bonchev–Trinajstić information content (AvgIpc) is 2.27. The van der Waals surface area contributed by atoms with E-state index in [4.69, 9.17) is 10.2 Å². The number of hydrogen-bond donors (Lipinski definition) is 2. The molecular weight excluding hydrogens is 200 g/mol. The fraction of sp³-hybridized carbons (Fsp3) is 0.900. The highest BCUT2D eigenvalue weighted by Gasteiger charge is 1.95. The van der Waals surface area contributed by atoms with Crippen molar-refractivity contribution in [2.45, 2.75) is 26.2 Å². The lowest BCUT2D eigenvalue weighted by Crippen LogP contribution is -2.03. The van der Waals surface area contributed by atoms with Crippen molar-refractivity contribution in [3.63, 3.8) is 0 Å². The van der Waals surface area contributed by atoms with Crippen molar-refractivity contribution >= 4 is 5.97 Å². The molecule has 0 heterocycles. The van der Waals surface area contributed by atoms with E-state index in [0.717, 1.165) is 12.8 Å². The van der Waals surface area contributed by atoms with Crippen molar-refractivity contribution in [1.29, 1.82) is 0 Å². The third-order valence-electron chi connectivity index (χ3n) is 1.43. The summed E-state index contributed by atoms with van der Waals surface area (Å²) in [5.74, 6) is -0.105. The van der Waals surface area contributed by atoms with Crippen LogP contribution in [0.1, 0.15) is 26.2 Å². The van der Waals surface area contributed by atoms with Crippen LogP contribution in [0.4, 0.5) is 0 Å². The molecule has 0 atom stereocenters. The number of ether oxygens (including phenoxy) is 2. The fourth-order valence-electron chi connectivity index (χ4n) is 0.654. The van der Waals surface area contributed by atoms with Crippen molar-refractivity contribution in [2.75, 3.05) is 33.5 Å². The number of rotatable bonds is 7. The van der Waals surface area contributed by atoms with Gasteiger partial charge in [0, 0.05) is 6.42 Å². The van der Waals surface area contributed by atoms with Crippen LogP contribution in [0.25, 0.3) is 0 Å². The maximum Gasteiger partial charge on any atom is 0.305 e. The van der Waals surface area contributed by atoms with Crippen LogP contribution in [0.2, 0.25) is 0 Å². The van der Waals surface area contributed by atoms with Gasteiger partial charge in [0.05, 0.1) is 33.5 Å². The maximum atomic E-state index is 10.3. The van der Waals surface area contributed by atoms with Crippen LogP contribution < -0.4 is 0 Å². The highest BCUT2D eigenvalue weighted by Crippen LogP contribution is 1.94. The molecule has 0 saturated heterocycles. The highest BCUT2D eigenvalue weighted by molar-refractivity contribution is 5.68. The lowest BCUT2D eigenvalue weighted by molar-refractivity contribution is -0.140. The van der Waals surface area contributed by atoms with E-state index in [1.807, 2.05) is 6.92 Å². The number of carbonyl (C=O) groups is 1. The van der Waals surface area contributed by atoms with Gasteiger partial charge in [-0.2, -0.15) is 0 Å². The van der Waals surface area contributed by atoms with Gasteiger partial charge in [0.15, 0.2) is 0 Å². The van der Waals surface area contributed by atoms with Crippen LogP contribution in [0.3, 0.4) is 0 Å². The Labute approximate surface area is 91.0 Å². The molecule has 5 heteroatoms. The first-order valence-electron chi connectivity index (χ1n) is 5.09. The first-order chi connectivity index (χ1) is 7.22. The summed E-state index contributed by atoms with van der Waals surface area (Å²) in [6, 6.07) is 0. The molecular formula is C10H22O5. The van der Waals surface area contributed by atoms with E-state index < -0.39 is 0 Å². The standard InChI is InChI=1S/C6H12O2.C4H10O3/c1-3-4-5-6(7)8-2;5-1-3-7-4-2-6/h3-5H2,1-2H3;5-6H,1-4H2. The topological polar surface area (TPSA) is 76.0 Å². The van der Waals surface area contributed by atoms with E-state index in [1.165, 1.54) is 7.11 Å². The smallest absolute Gasteiger partial charge is 0.305 e. The van der Waals surface area contributed by atoms with Crippen molar-refractivity contribution in [1.82, 2.24) is 0 Å². The van der Waals surface area contributed by atoms with Gasteiger partial charge in [-0.05, 0) is 6.42 Å². The zero-order chi connectivity index (χ0) is 11.9. The Kier molecular flexibility index (Phi) is 17.7. The Morgan fingerprint density at radius 3 is 2.07 bits per heavy atom. The van der Waals surface area contributed by atoms with Gasteiger partial charge in [-0.15, -0.1) is 0 Å². The van der Waals surface area contributed by atoms with Crippen molar-refractivity contribution in [3.8, 4) is 0 Å². The Morgan fingerprint density at radius 2 is 1.73 bits per heavy atom. The van der Waals surface area contributed by atoms with Crippen LogP contribution in [0.15, 0.2) is 0 Å². The molecule has 0 rings (SSSR count). The second kappa shape index (κ2) is 15.8. The Balaban J connectivity index is 0. The van der Waals surface area contributed by atoms with Gasteiger partial charge >= 0.3 is 5.97 Å². The normalized spacial score (nSPS) is 9.07. The Hall–Kier alpha value is -0.650. The van der Waals surface area contributed by atoms with Crippen molar-refractivity contribution < 1.29 is 24.5 Å². The number of esters is 1. The van der Waals surface area contributed by atoms with Crippen LogP contribution in [0, 0.1) is 0 Å². The summed E-state index contributed by atoms with van der Waals surface area (Å²) in [6.07, 6.45) is 2.55. The van der Waals surface area contributed by atoms with Gasteiger partial charge in [0.25, 0.3) is 0 Å². The Bertz CT molecular complexity index is 123. The van der Waals surface area contributed by atoms with Gasteiger partial charge < -0.3 is 19.7 Å². The lowest BCUT2D eigenvalue weighted by atomic mass is 10.3. The number of hydrogen-bond acceptors (Lipinski definition) is 5.